The van der Waals surface area contributed by atoms with E-state index in [-0.39, 0.29) is 0 Å². The molecule has 0 fully saturated rings. The van der Waals surface area contributed by atoms with Crippen molar-refractivity contribution in [3.05, 3.63) is 59.7 Å². The van der Waals surface area contributed by atoms with Gasteiger partial charge in [0.15, 0.2) is 0 Å². The number of fused-ring (bicyclic) bond motifs is 4. The molecule has 0 saturated carbocycles. The lowest BCUT2D eigenvalue weighted by Gasteiger charge is -2.05. The van der Waals surface area contributed by atoms with Gasteiger partial charge in [-0.2, -0.15) is 10.5 Å². The highest BCUT2D eigenvalue weighted by atomic mass is 14.8. The van der Waals surface area contributed by atoms with Crippen molar-refractivity contribution in [2.45, 2.75) is 0 Å². The minimum Gasteiger partial charge on any atom is -0.244 e. The monoisotopic (exact) mass is 304 g/mol. The van der Waals surface area contributed by atoms with Gasteiger partial charge in [-0.1, -0.05) is 36.4 Å². The third-order valence-electron chi connectivity index (χ3n) is 4.46. The SMILES string of the molecule is N#Cc1cc2nc3c(nc2cc1C#N)-c1cccc2cccc-3c12. The fourth-order valence-corrected chi connectivity index (χ4v) is 3.40. The number of hydrogen-bond acceptors (Lipinski definition) is 4. The average molecular weight is 304 g/mol. The van der Waals surface area contributed by atoms with Crippen LogP contribution in [0.25, 0.3) is 44.3 Å². The Morgan fingerprint density at radius 1 is 0.708 bits per heavy atom. The van der Waals surface area contributed by atoms with Crippen molar-refractivity contribution in [1.82, 2.24) is 9.97 Å². The van der Waals surface area contributed by atoms with Crippen molar-refractivity contribution >= 4 is 21.8 Å². The van der Waals surface area contributed by atoms with Crippen LogP contribution in [-0.2, 0) is 0 Å². The molecule has 5 rings (SSSR count). The summed E-state index contributed by atoms with van der Waals surface area (Å²) >= 11 is 0. The van der Waals surface area contributed by atoms with Crippen molar-refractivity contribution < 1.29 is 0 Å². The third-order valence-corrected chi connectivity index (χ3v) is 4.46. The highest BCUT2D eigenvalue weighted by Crippen LogP contribution is 2.45. The molecule has 1 aliphatic rings. The third kappa shape index (κ3) is 1.49. The Morgan fingerprint density at radius 3 is 1.67 bits per heavy atom. The van der Waals surface area contributed by atoms with Crippen LogP contribution in [0.3, 0.4) is 0 Å². The van der Waals surface area contributed by atoms with E-state index in [0.717, 1.165) is 33.3 Å². The molecular weight excluding hydrogens is 296 g/mol. The number of rotatable bonds is 0. The summed E-state index contributed by atoms with van der Waals surface area (Å²) in [6.45, 7) is 0. The first-order valence-electron chi connectivity index (χ1n) is 7.48. The summed E-state index contributed by atoms with van der Waals surface area (Å²) in [5.41, 5.74) is 5.72. The van der Waals surface area contributed by atoms with Gasteiger partial charge in [0.1, 0.15) is 12.1 Å². The lowest BCUT2D eigenvalue weighted by molar-refractivity contribution is 1.31. The molecule has 1 aliphatic carbocycles. The van der Waals surface area contributed by atoms with E-state index in [1.165, 1.54) is 0 Å². The molecule has 0 saturated heterocycles. The molecule has 24 heavy (non-hydrogen) atoms. The van der Waals surface area contributed by atoms with Gasteiger partial charge in [-0.05, 0) is 17.5 Å². The second kappa shape index (κ2) is 4.38. The first-order chi connectivity index (χ1) is 11.8. The molecule has 108 valence electrons. The van der Waals surface area contributed by atoms with E-state index < -0.39 is 0 Å². The Labute approximate surface area is 137 Å². The number of hydrogen-bond donors (Lipinski definition) is 0. The van der Waals surface area contributed by atoms with E-state index in [0.29, 0.717) is 22.2 Å². The normalized spacial score (nSPS) is 11.2. The van der Waals surface area contributed by atoms with Crippen molar-refractivity contribution in [3.8, 4) is 34.7 Å². The van der Waals surface area contributed by atoms with Gasteiger partial charge in [0.05, 0.1) is 33.5 Å². The van der Waals surface area contributed by atoms with E-state index in [2.05, 4.69) is 24.3 Å². The molecule has 0 unspecified atom stereocenters. The fourth-order valence-electron chi connectivity index (χ4n) is 3.40. The molecule has 0 radical (unpaired) electrons. The van der Waals surface area contributed by atoms with Crippen LogP contribution in [0.15, 0.2) is 48.5 Å². The number of nitrogens with zero attached hydrogens (tertiary/aromatic N) is 4. The predicted octanol–water partition coefficient (Wildman–Crippen LogP) is 4.17. The highest BCUT2D eigenvalue weighted by Gasteiger charge is 2.24. The van der Waals surface area contributed by atoms with Gasteiger partial charge in [-0.3, -0.25) is 0 Å². The van der Waals surface area contributed by atoms with Gasteiger partial charge >= 0.3 is 0 Å². The standard InChI is InChI=1S/C20H8N4/c21-9-12-7-16-17(8-13(12)10-22)24-20-15-6-2-4-11-3-1-5-14(18(11)15)19(20)23-16/h1-8H. The predicted molar refractivity (Wildman–Crippen MR) is 90.9 cm³/mol. The van der Waals surface area contributed by atoms with Crippen LogP contribution < -0.4 is 0 Å². The van der Waals surface area contributed by atoms with Gasteiger partial charge < -0.3 is 0 Å². The average Bonchev–Trinajstić information content (AvgIpc) is 2.94. The van der Waals surface area contributed by atoms with Gasteiger partial charge in [-0.15, -0.1) is 0 Å². The zero-order valence-corrected chi connectivity index (χ0v) is 12.4. The largest absolute Gasteiger partial charge is 0.244 e. The Morgan fingerprint density at radius 2 is 1.21 bits per heavy atom. The molecule has 1 aromatic heterocycles. The van der Waals surface area contributed by atoms with Crippen LogP contribution in [0.2, 0.25) is 0 Å². The summed E-state index contributed by atoms with van der Waals surface area (Å²) in [5.74, 6) is 0. The minimum atomic E-state index is 0.327. The molecule has 4 nitrogen and oxygen atoms in total. The lowest BCUT2D eigenvalue weighted by Crippen LogP contribution is -1.93. The molecule has 3 aromatic carbocycles. The summed E-state index contributed by atoms with van der Waals surface area (Å²) in [4.78, 5) is 9.51. The van der Waals surface area contributed by atoms with Gasteiger partial charge in [0.25, 0.3) is 0 Å². The summed E-state index contributed by atoms with van der Waals surface area (Å²) in [7, 11) is 0. The maximum atomic E-state index is 9.22. The molecule has 0 aliphatic heterocycles. The molecule has 0 N–H and O–H groups in total. The van der Waals surface area contributed by atoms with Crippen molar-refractivity contribution in [2.75, 3.05) is 0 Å². The smallest absolute Gasteiger partial charge is 0.101 e. The zero-order valence-electron chi connectivity index (χ0n) is 12.4. The molecule has 0 amide bonds. The summed E-state index contributed by atoms with van der Waals surface area (Å²) in [5, 5.41) is 20.8. The molecule has 0 atom stereocenters. The summed E-state index contributed by atoms with van der Waals surface area (Å²) < 4.78 is 0. The van der Waals surface area contributed by atoms with Crippen LogP contribution >= 0.6 is 0 Å². The van der Waals surface area contributed by atoms with Crippen molar-refractivity contribution in [3.63, 3.8) is 0 Å². The molecule has 4 aromatic rings. The van der Waals surface area contributed by atoms with Crippen LogP contribution in [0, 0.1) is 22.7 Å². The van der Waals surface area contributed by atoms with Crippen LogP contribution in [0.1, 0.15) is 11.1 Å². The first kappa shape index (κ1) is 12.8. The molecule has 1 heterocycles. The summed E-state index contributed by atoms with van der Waals surface area (Å²) in [6, 6.07) is 19.7. The maximum absolute atomic E-state index is 9.22. The van der Waals surface area contributed by atoms with Crippen LogP contribution in [-0.4, -0.2) is 9.97 Å². The number of nitriles is 2. The quantitative estimate of drug-likeness (QED) is 0.430. The van der Waals surface area contributed by atoms with Crippen molar-refractivity contribution in [1.29, 1.82) is 10.5 Å². The van der Waals surface area contributed by atoms with E-state index in [4.69, 9.17) is 9.97 Å². The van der Waals surface area contributed by atoms with E-state index in [1.54, 1.807) is 12.1 Å². The Balaban J connectivity index is 1.93. The van der Waals surface area contributed by atoms with E-state index >= 15 is 0 Å². The molecular formula is C20H8N4. The van der Waals surface area contributed by atoms with Gasteiger partial charge in [-0.25, -0.2) is 9.97 Å². The van der Waals surface area contributed by atoms with Gasteiger partial charge in [0, 0.05) is 16.5 Å². The second-order valence-corrected chi connectivity index (χ2v) is 5.74. The second-order valence-electron chi connectivity index (χ2n) is 5.74. The minimum absolute atomic E-state index is 0.327. The number of aromatic nitrogens is 2. The van der Waals surface area contributed by atoms with Crippen molar-refractivity contribution in [2.24, 2.45) is 0 Å². The van der Waals surface area contributed by atoms with Gasteiger partial charge in [0.2, 0.25) is 0 Å². The summed E-state index contributed by atoms with van der Waals surface area (Å²) in [6.07, 6.45) is 0. The topological polar surface area (TPSA) is 73.4 Å². The lowest BCUT2D eigenvalue weighted by atomic mass is 10.0. The maximum Gasteiger partial charge on any atom is 0.101 e. The van der Waals surface area contributed by atoms with E-state index in [1.807, 2.05) is 24.3 Å². The van der Waals surface area contributed by atoms with Crippen LogP contribution in [0.4, 0.5) is 0 Å². The Hall–Kier alpha value is -3.76. The molecule has 0 bridgehead atoms. The van der Waals surface area contributed by atoms with E-state index in [9.17, 15) is 10.5 Å². The number of benzene rings is 3. The van der Waals surface area contributed by atoms with Crippen LogP contribution in [0.5, 0.6) is 0 Å². The first-order valence-corrected chi connectivity index (χ1v) is 7.48. The Kier molecular flexibility index (Phi) is 2.33. The Bertz CT molecular complexity index is 1180. The zero-order chi connectivity index (χ0) is 16.3. The molecule has 0 spiro atoms. The highest BCUT2D eigenvalue weighted by molar-refractivity contribution is 6.14. The molecule has 4 heteroatoms. The fraction of sp³-hybridized carbons (Fsp3) is 0.